The van der Waals surface area contributed by atoms with Gasteiger partial charge in [0.1, 0.15) is 0 Å². The SMILES string of the molecule is COc1ccccc1OC(=O)C(C(=O)O)C(=O)Oc1ccccc1OC. The molecule has 8 heteroatoms. The van der Waals surface area contributed by atoms with Gasteiger partial charge in [-0.15, -0.1) is 0 Å². The lowest BCUT2D eigenvalue weighted by Crippen LogP contribution is -2.37. The fourth-order valence-corrected chi connectivity index (χ4v) is 2.04. The highest BCUT2D eigenvalue weighted by molar-refractivity contribution is 6.13. The molecule has 0 fully saturated rings. The van der Waals surface area contributed by atoms with E-state index in [4.69, 9.17) is 18.9 Å². The normalized spacial score (nSPS) is 10.1. The molecule has 2 aromatic carbocycles. The predicted molar refractivity (Wildman–Crippen MR) is 88.4 cm³/mol. The molecule has 1 N–H and O–H groups in total. The molecule has 0 aliphatic rings. The number of hydrogen-bond acceptors (Lipinski definition) is 7. The van der Waals surface area contributed by atoms with Crippen LogP contribution in [0, 0.1) is 5.92 Å². The van der Waals surface area contributed by atoms with Crippen LogP contribution in [0.2, 0.25) is 0 Å². The minimum atomic E-state index is -2.18. The molecule has 0 saturated carbocycles. The third kappa shape index (κ3) is 4.29. The Balaban J connectivity index is 2.20. The monoisotopic (exact) mass is 360 g/mol. The van der Waals surface area contributed by atoms with Crippen molar-refractivity contribution in [1.82, 2.24) is 0 Å². The molecule has 0 spiro atoms. The third-order valence-corrected chi connectivity index (χ3v) is 3.28. The fourth-order valence-electron chi connectivity index (χ4n) is 2.04. The summed E-state index contributed by atoms with van der Waals surface area (Å²) in [6.07, 6.45) is 0. The van der Waals surface area contributed by atoms with Gasteiger partial charge in [0.05, 0.1) is 14.2 Å². The maximum absolute atomic E-state index is 12.2. The van der Waals surface area contributed by atoms with E-state index in [-0.39, 0.29) is 23.0 Å². The summed E-state index contributed by atoms with van der Waals surface area (Å²) in [5.74, 6) is -6.10. The number of esters is 2. The number of aliphatic carboxylic acids is 1. The van der Waals surface area contributed by atoms with Crippen molar-refractivity contribution in [3.63, 3.8) is 0 Å². The van der Waals surface area contributed by atoms with Gasteiger partial charge in [-0.1, -0.05) is 24.3 Å². The van der Waals surface area contributed by atoms with Crippen LogP contribution in [0.3, 0.4) is 0 Å². The number of carbonyl (C=O) groups excluding carboxylic acids is 2. The molecule has 2 rings (SSSR count). The van der Waals surface area contributed by atoms with Crippen LogP contribution in [-0.2, 0) is 14.4 Å². The number of carboxylic acids is 1. The molecule has 0 aromatic heterocycles. The van der Waals surface area contributed by atoms with Gasteiger partial charge in [-0.05, 0) is 24.3 Å². The molecular formula is C18H16O8. The summed E-state index contributed by atoms with van der Waals surface area (Å²) in [6, 6.07) is 12.3. The van der Waals surface area contributed by atoms with Crippen LogP contribution in [0.25, 0.3) is 0 Å². The quantitative estimate of drug-likeness (QED) is 0.453. The average molecular weight is 360 g/mol. The molecule has 0 unspecified atom stereocenters. The summed E-state index contributed by atoms with van der Waals surface area (Å²) in [4.78, 5) is 35.8. The molecule has 8 nitrogen and oxygen atoms in total. The number of hydrogen-bond donors (Lipinski definition) is 1. The molecule has 0 bridgehead atoms. The van der Waals surface area contributed by atoms with Gasteiger partial charge in [-0.25, -0.2) is 0 Å². The minimum Gasteiger partial charge on any atom is -0.493 e. The number of benzene rings is 2. The lowest BCUT2D eigenvalue weighted by molar-refractivity contribution is -0.161. The predicted octanol–water partition coefficient (Wildman–Crippen LogP) is 1.92. The zero-order valence-corrected chi connectivity index (χ0v) is 14.0. The fraction of sp³-hybridized carbons (Fsp3) is 0.167. The van der Waals surface area contributed by atoms with E-state index < -0.39 is 23.8 Å². The zero-order chi connectivity index (χ0) is 19.1. The van der Waals surface area contributed by atoms with Crippen LogP contribution >= 0.6 is 0 Å². The molecule has 0 aliphatic heterocycles. The highest BCUT2D eigenvalue weighted by Crippen LogP contribution is 2.28. The molecule has 136 valence electrons. The molecule has 0 aliphatic carbocycles. The van der Waals surface area contributed by atoms with Gasteiger partial charge in [0.25, 0.3) is 5.92 Å². The van der Waals surface area contributed by atoms with Gasteiger partial charge in [0, 0.05) is 0 Å². The summed E-state index contributed by atoms with van der Waals surface area (Å²) in [5.41, 5.74) is 0. The Hall–Kier alpha value is -3.55. The minimum absolute atomic E-state index is 0.0173. The summed E-state index contributed by atoms with van der Waals surface area (Å²) in [6.45, 7) is 0. The van der Waals surface area contributed by atoms with Crippen molar-refractivity contribution >= 4 is 17.9 Å². The Labute approximate surface area is 148 Å². The van der Waals surface area contributed by atoms with Crippen LogP contribution < -0.4 is 18.9 Å². The van der Waals surface area contributed by atoms with E-state index in [0.717, 1.165) is 0 Å². The van der Waals surface area contributed by atoms with Gasteiger partial charge >= 0.3 is 17.9 Å². The highest BCUT2D eigenvalue weighted by atomic mass is 16.6. The molecule has 2 aromatic rings. The van der Waals surface area contributed by atoms with Gasteiger partial charge in [-0.2, -0.15) is 0 Å². The Bertz CT molecular complexity index is 753. The molecule has 0 atom stereocenters. The average Bonchev–Trinajstić information content (AvgIpc) is 2.62. The van der Waals surface area contributed by atoms with Gasteiger partial charge in [0.2, 0.25) is 0 Å². The third-order valence-electron chi connectivity index (χ3n) is 3.28. The molecular weight excluding hydrogens is 344 g/mol. The second-order valence-corrected chi connectivity index (χ2v) is 4.92. The van der Waals surface area contributed by atoms with E-state index >= 15 is 0 Å². The highest BCUT2D eigenvalue weighted by Gasteiger charge is 2.38. The van der Waals surface area contributed by atoms with E-state index in [1.165, 1.54) is 38.5 Å². The first kappa shape index (κ1) is 18.8. The number of ether oxygens (including phenoxy) is 4. The van der Waals surface area contributed by atoms with E-state index in [1.54, 1.807) is 24.3 Å². The largest absolute Gasteiger partial charge is 0.493 e. The van der Waals surface area contributed by atoms with E-state index in [1.807, 2.05) is 0 Å². The summed E-state index contributed by atoms with van der Waals surface area (Å²) >= 11 is 0. The number of carboxylic acid groups (broad SMARTS) is 1. The van der Waals surface area contributed by atoms with Crippen LogP contribution in [0.1, 0.15) is 0 Å². The van der Waals surface area contributed by atoms with Crippen LogP contribution in [-0.4, -0.2) is 37.2 Å². The van der Waals surface area contributed by atoms with Gasteiger partial charge < -0.3 is 24.1 Å². The summed E-state index contributed by atoms with van der Waals surface area (Å²) in [5, 5.41) is 9.26. The van der Waals surface area contributed by atoms with Crippen LogP contribution in [0.15, 0.2) is 48.5 Å². The van der Waals surface area contributed by atoms with Crippen LogP contribution in [0.5, 0.6) is 23.0 Å². The Morgan fingerprint density at radius 2 is 1.08 bits per heavy atom. The second kappa shape index (κ2) is 8.52. The van der Waals surface area contributed by atoms with Crippen LogP contribution in [0.4, 0.5) is 0 Å². The lowest BCUT2D eigenvalue weighted by atomic mass is 10.1. The topological polar surface area (TPSA) is 108 Å². The van der Waals surface area contributed by atoms with Crippen molar-refractivity contribution in [2.24, 2.45) is 5.92 Å². The number of rotatable bonds is 7. The maximum Gasteiger partial charge on any atom is 0.337 e. The van der Waals surface area contributed by atoms with Crippen molar-refractivity contribution in [2.45, 2.75) is 0 Å². The Morgan fingerprint density at radius 1 is 0.731 bits per heavy atom. The Kier molecular flexibility index (Phi) is 6.15. The lowest BCUT2D eigenvalue weighted by Gasteiger charge is -2.14. The van der Waals surface area contributed by atoms with Crippen molar-refractivity contribution in [2.75, 3.05) is 14.2 Å². The summed E-state index contributed by atoms with van der Waals surface area (Å²) < 4.78 is 20.0. The molecule has 26 heavy (non-hydrogen) atoms. The molecule has 0 heterocycles. The second-order valence-electron chi connectivity index (χ2n) is 4.92. The van der Waals surface area contributed by atoms with E-state index in [9.17, 15) is 19.5 Å². The summed E-state index contributed by atoms with van der Waals surface area (Å²) in [7, 11) is 2.72. The molecule has 0 amide bonds. The zero-order valence-electron chi connectivity index (χ0n) is 14.0. The van der Waals surface area contributed by atoms with Crippen molar-refractivity contribution in [3.05, 3.63) is 48.5 Å². The van der Waals surface area contributed by atoms with E-state index in [2.05, 4.69) is 0 Å². The number of methoxy groups -OCH3 is 2. The molecule has 0 saturated heterocycles. The standard InChI is InChI=1S/C18H16O8/c1-23-11-7-3-5-9-13(11)25-17(21)15(16(19)20)18(22)26-14-10-6-4-8-12(14)24-2/h3-10,15H,1-2H3,(H,19,20). The number of carbonyl (C=O) groups is 3. The first-order valence-corrected chi connectivity index (χ1v) is 7.40. The number of para-hydroxylation sites is 4. The smallest absolute Gasteiger partial charge is 0.337 e. The first-order valence-electron chi connectivity index (χ1n) is 7.40. The molecule has 0 radical (unpaired) electrons. The Morgan fingerprint density at radius 3 is 1.38 bits per heavy atom. The van der Waals surface area contributed by atoms with Gasteiger partial charge in [0.15, 0.2) is 23.0 Å². The van der Waals surface area contributed by atoms with Crippen molar-refractivity contribution in [3.8, 4) is 23.0 Å². The van der Waals surface area contributed by atoms with Crippen molar-refractivity contribution in [1.29, 1.82) is 0 Å². The maximum atomic E-state index is 12.2. The van der Waals surface area contributed by atoms with Gasteiger partial charge in [-0.3, -0.25) is 14.4 Å². The van der Waals surface area contributed by atoms with E-state index in [0.29, 0.717) is 0 Å². The van der Waals surface area contributed by atoms with Crippen molar-refractivity contribution < 1.29 is 38.4 Å². The first-order chi connectivity index (χ1) is 12.5.